The molecule has 0 N–H and O–H groups in total. The summed E-state index contributed by atoms with van der Waals surface area (Å²) in [6.07, 6.45) is 5.67. The maximum Gasteiger partial charge on any atom is 0.137 e. The predicted molar refractivity (Wildman–Crippen MR) is 73.2 cm³/mol. The van der Waals surface area contributed by atoms with Crippen molar-refractivity contribution in [3.63, 3.8) is 0 Å². The van der Waals surface area contributed by atoms with Crippen LogP contribution < -0.4 is 4.74 Å². The van der Waals surface area contributed by atoms with Crippen LogP contribution in [0.4, 0.5) is 0 Å². The fraction of sp³-hybridized carbons (Fsp3) is 0.588. The van der Waals surface area contributed by atoms with Crippen molar-refractivity contribution >= 4 is 5.78 Å². The van der Waals surface area contributed by atoms with Crippen LogP contribution in [-0.4, -0.2) is 12.4 Å². The van der Waals surface area contributed by atoms with Crippen molar-refractivity contribution in [3.8, 4) is 5.75 Å². The first-order valence-electron chi connectivity index (χ1n) is 7.59. The summed E-state index contributed by atoms with van der Waals surface area (Å²) in [6.45, 7) is 0.756. The number of fused-ring (bicyclic) bond motifs is 2. The largest absolute Gasteiger partial charge is 0.493 e. The molecule has 0 bridgehead atoms. The number of hydrogen-bond acceptors (Lipinski definition) is 2. The van der Waals surface area contributed by atoms with Crippen LogP contribution >= 0.6 is 0 Å². The highest BCUT2D eigenvalue weighted by molar-refractivity contribution is 5.85. The quantitative estimate of drug-likeness (QED) is 0.826. The summed E-state index contributed by atoms with van der Waals surface area (Å²) in [5, 5.41) is 0. The van der Waals surface area contributed by atoms with E-state index in [1.807, 2.05) is 12.1 Å². The Morgan fingerprint density at radius 3 is 2.79 bits per heavy atom. The van der Waals surface area contributed by atoms with Crippen molar-refractivity contribution in [2.45, 2.75) is 38.0 Å². The summed E-state index contributed by atoms with van der Waals surface area (Å²) in [5.74, 6) is 3.83. The maximum atomic E-state index is 12.5. The highest BCUT2D eigenvalue weighted by Gasteiger charge is 2.56. The molecule has 2 nitrogen and oxygen atoms in total. The molecule has 3 atom stereocenters. The van der Waals surface area contributed by atoms with Gasteiger partial charge in [0.1, 0.15) is 11.5 Å². The number of ether oxygens (including phenoxy) is 1. The van der Waals surface area contributed by atoms with Gasteiger partial charge in [-0.1, -0.05) is 24.6 Å². The number of carbonyl (C=O) groups is 1. The van der Waals surface area contributed by atoms with Gasteiger partial charge in [-0.05, 0) is 48.6 Å². The summed E-state index contributed by atoms with van der Waals surface area (Å²) < 4.78 is 5.67. The van der Waals surface area contributed by atoms with Crippen molar-refractivity contribution < 1.29 is 9.53 Å². The molecule has 0 radical (unpaired) electrons. The van der Waals surface area contributed by atoms with Crippen LogP contribution in [0.25, 0.3) is 0 Å². The van der Waals surface area contributed by atoms with Gasteiger partial charge < -0.3 is 4.74 Å². The fourth-order valence-corrected chi connectivity index (χ4v) is 4.31. The Balaban J connectivity index is 1.48. The van der Waals surface area contributed by atoms with Gasteiger partial charge in [-0.25, -0.2) is 0 Å². The van der Waals surface area contributed by atoms with Gasteiger partial charge in [0.05, 0.1) is 6.61 Å². The molecule has 4 rings (SSSR count). The van der Waals surface area contributed by atoms with E-state index in [9.17, 15) is 4.79 Å². The molecule has 0 spiro atoms. The lowest BCUT2D eigenvalue weighted by Gasteiger charge is -2.25. The maximum absolute atomic E-state index is 12.5. The minimum absolute atomic E-state index is 0.388. The Kier molecular flexibility index (Phi) is 2.64. The lowest BCUT2D eigenvalue weighted by Crippen LogP contribution is -2.18. The van der Waals surface area contributed by atoms with Gasteiger partial charge in [-0.2, -0.15) is 0 Å². The van der Waals surface area contributed by atoms with E-state index in [0.29, 0.717) is 17.6 Å². The van der Waals surface area contributed by atoms with E-state index < -0.39 is 0 Å². The standard InChI is InChI=1S/C17H20O2/c18-15(17-13-5-3-6-14(13)17)10-11-8-9-19-16-7-2-1-4-12(11)16/h1-2,4,7,11,13-14,17H,3,5-6,8-10H2. The highest BCUT2D eigenvalue weighted by atomic mass is 16.5. The minimum Gasteiger partial charge on any atom is -0.493 e. The van der Waals surface area contributed by atoms with Crippen LogP contribution in [0, 0.1) is 17.8 Å². The predicted octanol–water partition coefficient (Wildman–Crippen LogP) is 3.56. The molecule has 0 saturated heterocycles. The molecule has 3 aliphatic rings. The smallest absolute Gasteiger partial charge is 0.137 e. The molecule has 3 unspecified atom stereocenters. The zero-order valence-electron chi connectivity index (χ0n) is 11.2. The van der Waals surface area contributed by atoms with Crippen LogP contribution in [0.1, 0.15) is 43.6 Å². The molecule has 1 aliphatic heterocycles. The van der Waals surface area contributed by atoms with Crippen LogP contribution in [0.3, 0.4) is 0 Å². The monoisotopic (exact) mass is 256 g/mol. The van der Waals surface area contributed by atoms with E-state index in [1.54, 1.807) is 0 Å². The Morgan fingerprint density at radius 2 is 1.95 bits per heavy atom. The number of carbonyl (C=O) groups excluding carboxylic acids is 1. The van der Waals surface area contributed by atoms with E-state index in [1.165, 1.54) is 24.8 Å². The lowest BCUT2D eigenvalue weighted by atomic mass is 9.87. The average molecular weight is 256 g/mol. The van der Waals surface area contributed by atoms with Crippen LogP contribution in [0.5, 0.6) is 5.75 Å². The molecule has 2 saturated carbocycles. The summed E-state index contributed by atoms with van der Waals surface area (Å²) in [4.78, 5) is 12.5. The Bertz CT molecular complexity index is 498. The van der Waals surface area contributed by atoms with Crippen molar-refractivity contribution in [3.05, 3.63) is 29.8 Å². The molecule has 2 fully saturated rings. The highest BCUT2D eigenvalue weighted by Crippen LogP contribution is 2.58. The first-order chi connectivity index (χ1) is 9.34. The summed E-state index contributed by atoms with van der Waals surface area (Å²) in [6, 6.07) is 8.21. The summed E-state index contributed by atoms with van der Waals surface area (Å²) in [7, 11) is 0. The topological polar surface area (TPSA) is 26.3 Å². The molecule has 0 amide bonds. The van der Waals surface area contributed by atoms with Gasteiger partial charge in [-0.3, -0.25) is 4.79 Å². The molecule has 1 aromatic carbocycles. The van der Waals surface area contributed by atoms with Crippen molar-refractivity contribution in [2.75, 3.05) is 6.61 Å². The molecule has 2 heteroatoms. The van der Waals surface area contributed by atoms with Gasteiger partial charge in [0, 0.05) is 12.3 Å². The fourth-order valence-electron chi connectivity index (χ4n) is 4.31. The van der Waals surface area contributed by atoms with Gasteiger partial charge in [-0.15, -0.1) is 0 Å². The molecular weight excluding hydrogens is 236 g/mol. The molecule has 2 aliphatic carbocycles. The van der Waals surface area contributed by atoms with Crippen molar-refractivity contribution in [2.24, 2.45) is 17.8 Å². The van der Waals surface area contributed by atoms with E-state index in [-0.39, 0.29) is 0 Å². The zero-order valence-corrected chi connectivity index (χ0v) is 11.2. The third kappa shape index (κ3) is 1.89. The van der Waals surface area contributed by atoms with E-state index in [2.05, 4.69) is 12.1 Å². The third-order valence-electron chi connectivity index (χ3n) is 5.31. The number of Topliss-reactive ketones (excluding diaryl/α,β-unsaturated/α-hetero) is 1. The van der Waals surface area contributed by atoms with Crippen molar-refractivity contribution in [1.82, 2.24) is 0 Å². The molecule has 100 valence electrons. The molecule has 1 heterocycles. The Hall–Kier alpha value is -1.31. The minimum atomic E-state index is 0.388. The third-order valence-corrected chi connectivity index (χ3v) is 5.31. The second-order valence-electron chi connectivity index (χ2n) is 6.33. The van der Waals surface area contributed by atoms with Gasteiger partial charge >= 0.3 is 0 Å². The number of hydrogen-bond donors (Lipinski definition) is 0. The average Bonchev–Trinajstić information content (AvgIpc) is 2.93. The SMILES string of the molecule is O=C(CC1CCOc2ccccc21)C1C2CCCC21. The summed E-state index contributed by atoms with van der Waals surface area (Å²) in [5.41, 5.74) is 1.24. The van der Waals surface area contributed by atoms with Gasteiger partial charge in [0.15, 0.2) is 0 Å². The van der Waals surface area contributed by atoms with Crippen molar-refractivity contribution in [1.29, 1.82) is 0 Å². The number of para-hydroxylation sites is 1. The Morgan fingerprint density at radius 1 is 1.16 bits per heavy atom. The van der Waals surface area contributed by atoms with Gasteiger partial charge in [0.2, 0.25) is 0 Å². The molecule has 19 heavy (non-hydrogen) atoms. The normalized spacial score (nSPS) is 35.2. The van der Waals surface area contributed by atoms with Crippen LogP contribution in [0.15, 0.2) is 24.3 Å². The van der Waals surface area contributed by atoms with Crippen LogP contribution in [-0.2, 0) is 4.79 Å². The second-order valence-corrected chi connectivity index (χ2v) is 6.33. The first-order valence-corrected chi connectivity index (χ1v) is 7.59. The Labute approximate surface area is 114 Å². The van der Waals surface area contributed by atoms with E-state index in [4.69, 9.17) is 4.74 Å². The number of benzene rings is 1. The first kappa shape index (κ1) is 11.5. The number of rotatable bonds is 3. The molecule has 0 aromatic heterocycles. The zero-order chi connectivity index (χ0) is 12.8. The van der Waals surface area contributed by atoms with Gasteiger partial charge in [0.25, 0.3) is 0 Å². The van der Waals surface area contributed by atoms with E-state index >= 15 is 0 Å². The van der Waals surface area contributed by atoms with Crippen LogP contribution in [0.2, 0.25) is 0 Å². The number of ketones is 1. The second kappa shape index (κ2) is 4.36. The molecular formula is C17H20O2. The lowest BCUT2D eigenvalue weighted by molar-refractivity contribution is -0.121. The summed E-state index contributed by atoms with van der Waals surface area (Å²) >= 11 is 0. The molecule has 1 aromatic rings. The van der Waals surface area contributed by atoms with E-state index in [0.717, 1.165) is 37.0 Å².